The Morgan fingerprint density at radius 3 is 2.19 bits per heavy atom. The van der Waals surface area contributed by atoms with E-state index in [1.54, 1.807) is 0 Å². The fourth-order valence-corrected chi connectivity index (χ4v) is 11.8. The summed E-state index contributed by atoms with van der Waals surface area (Å²) in [5.41, 5.74) is 0.0392. The van der Waals surface area contributed by atoms with Crippen LogP contribution in [0, 0.1) is 46.3 Å². The van der Waals surface area contributed by atoms with Gasteiger partial charge in [0.05, 0.1) is 6.10 Å². The molecule has 0 aliphatic heterocycles. The molecule has 0 aromatic rings. The molecule has 53 heavy (non-hydrogen) atoms. The van der Waals surface area contributed by atoms with Crippen LogP contribution in [-0.4, -0.2) is 46.8 Å². The summed E-state index contributed by atoms with van der Waals surface area (Å²) in [6.07, 6.45) is 34.8. The van der Waals surface area contributed by atoms with Crippen molar-refractivity contribution < 1.29 is 29.3 Å². The molecule has 7 nitrogen and oxygen atoms in total. The second kappa shape index (κ2) is 21.8. The monoisotopic (exact) mass is 740 g/mol. The highest BCUT2D eigenvalue weighted by molar-refractivity contribution is 5.81. The summed E-state index contributed by atoms with van der Waals surface area (Å²) in [5, 5.41) is 23.3. The Morgan fingerprint density at radius 2 is 1.49 bits per heavy atom. The highest BCUT2D eigenvalue weighted by Gasteiger charge is 2.63. The van der Waals surface area contributed by atoms with Gasteiger partial charge >= 0.3 is 11.9 Å². The molecule has 302 valence electrons. The zero-order valence-electron chi connectivity index (χ0n) is 34.1. The quantitative estimate of drug-likeness (QED) is 0.0546. The second-order valence-corrected chi connectivity index (χ2v) is 18.2. The fraction of sp³-hybridized carbons (Fsp3) is 0.848. The molecule has 1 amide bonds. The minimum absolute atomic E-state index is 0.00998. The van der Waals surface area contributed by atoms with Crippen molar-refractivity contribution in [2.24, 2.45) is 46.3 Å². The van der Waals surface area contributed by atoms with Gasteiger partial charge in [-0.1, -0.05) is 96.9 Å². The summed E-state index contributed by atoms with van der Waals surface area (Å²) in [6.45, 7) is 8.95. The van der Waals surface area contributed by atoms with E-state index < -0.39 is 5.97 Å². The predicted molar refractivity (Wildman–Crippen MR) is 214 cm³/mol. The van der Waals surface area contributed by atoms with Crippen LogP contribution in [0.1, 0.15) is 182 Å². The molecular formula is C46H77NO6. The fourth-order valence-electron chi connectivity index (χ4n) is 11.8. The summed E-state index contributed by atoms with van der Waals surface area (Å²) < 4.78 is 6.11. The van der Waals surface area contributed by atoms with Gasteiger partial charge in [0.25, 0.3) is 0 Å². The van der Waals surface area contributed by atoms with Gasteiger partial charge in [-0.2, -0.15) is 0 Å². The van der Waals surface area contributed by atoms with E-state index in [0.717, 1.165) is 64.2 Å². The number of rotatable bonds is 23. The van der Waals surface area contributed by atoms with Crippen LogP contribution in [0.2, 0.25) is 0 Å². The minimum atomic E-state index is -1.02. The van der Waals surface area contributed by atoms with Gasteiger partial charge in [-0.05, 0) is 143 Å². The van der Waals surface area contributed by atoms with Crippen LogP contribution in [0.4, 0.5) is 0 Å². The molecule has 4 aliphatic carbocycles. The number of hydrogen-bond donors (Lipinski definition) is 3. The number of carbonyl (C=O) groups is 3. The lowest BCUT2D eigenvalue weighted by atomic mass is 9.43. The van der Waals surface area contributed by atoms with E-state index in [4.69, 9.17) is 9.84 Å². The molecule has 0 spiro atoms. The van der Waals surface area contributed by atoms with Gasteiger partial charge in [0, 0.05) is 12.8 Å². The van der Waals surface area contributed by atoms with Crippen LogP contribution in [0.3, 0.4) is 0 Å². The number of hydrogen-bond acceptors (Lipinski definition) is 5. The van der Waals surface area contributed by atoms with E-state index in [2.05, 4.69) is 57.3 Å². The number of fused-ring (bicyclic) bond motifs is 5. The van der Waals surface area contributed by atoms with Crippen LogP contribution in [0.15, 0.2) is 24.3 Å². The lowest BCUT2D eigenvalue weighted by Gasteiger charge is -2.62. The molecular weight excluding hydrogens is 663 g/mol. The first kappa shape index (κ1) is 43.6. The molecule has 0 saturated heterocycles. The second-order valence-electron chi connectivity index (χ2n) is 18.2. The average Bonchev–Trinajstić information content (AvgIpc) is 3.50. The maximum atomic E-state index is 12.9. The summed E-state index contributed by atoms with van der Waals surface area (Å²) in [4.78, 5) is 35.9. The smallest absolute Gasteiger partial charge is 0.322 e. The third kappa shape index (κ3) is 12.2. The van der Waals surface area contributed by atoms with E-state index in [1.807, 2.05) is 0 Å². The number of ether oxygens (including phenoxy) is 1. The highest BCUT2D eigenvalue weighted by atomic mass is 16.5. The molecule has 0 aromatic heterocycles. The van der Waals surface area contributed by atoms with E-state index in [0.29, 0.717) is 48.3 Å². The highest BCUT2D eigenvalue weighted by Crippen LogP contribution is 2.68. The van der Waals surface area contributed by atoms with Crippen molar-refractivity contribution in [1.82, 2.24) is 5.32 Å². The number of carboxylic acids is 1. The van der Waals surface area contributed by atoms with Crippen LogP contribution >= 0.6 is 0 Å². The van der Waals surface area contributed by atoms with Crippen molar-refractivity contribution >= 4 is 17.8 Å². The van der Waals surface area contributed by atoms with Crippen molar-refractivity contribution in [3.8, 4) is 0 Å². The zero-order chi connectivity index (χ0) is 38.3. The number of unbranched alkanes of at least 4 members (excludes halogenated alkanes) is 10. The summed E-state index contributed by atoms with van der Waals surface area (Å²) in [5.74, 6) is 1.59. The van der Waals surface area contributed by atoms with Crippen LogP contribution < -0.4 is 5.32 Å². The number of aliphatic carboxylic acids is 1. The summed E-state index contributed by atoms with van der Waals surface area (Å²) >= 11 is 0. The number of carboxylic acid groups (broad SMARTS) is 1. The zero-order valence-corrected chi connectivity index (χ0v) is 34.1. The van der Waals surface area contributed by atoms with Gasteiger partial charge in [-0.3, -0.25) is 14.4 Å². The molecule has 3 N–H and O–H groups in total. The molecule has 0 bridgehead atoms. The van der Waals surface area contributed by atoms with Crippen LogP contribution in [0.25, 0.3) is 0 Å². The van der Waals surface area contributed by atoms with Crippen molar-refractivity contribution in [3.05, 3.63) is 24.3 Å². The van der Waals surface area contributed by atoms with E-state index in [1.165, 1.54) is 77.0 Å². The number of carbonyl (C=O) groups excluding carboxylic acids is 2. The number of amides is 1. The molecule has 4 aliphatic rings. The Morgan fingerprint density at radius 1 is 0.811 bits per heavy atom. The molecule has 4 saturated carbocycles. The minimum Gasteiger partial charge on any atom is -0.480 e. The summed E-state index contributed by atoms with van der Waals surface area (Å²) in [7, 11) is 0. The molecule has 0 radical (unpaired) electrons. The van der Waals surface area contributed by atoms with E-state index in [-0.39, 0.29) is 41.5 Å². The third-order valence-corrected chi connectivity index (χ3v) is 14.9. The van der Waals surface area contributed by atoms with E-state index >= 15 is 0 Å². The standard InChI is InChI=1S/C46H77NO6/c1-5-6-7-8-9-10-11-12-13-14-15-16-17-18-19-20-21-22-44(52)53-36-29-30-45(3)35(31-36)24-25-37-39-27-26-38(46(39,4)41(48)32-40(37)45)34(2)23-28-42(49)47-33-43(50)51/h9-10,12-13,34-41,48H,5-8,11,14-33H2,1-4H3,(H,47,49)(H,50,51)/b10-9-,13-12-. The van der Waals surface area contributed by atoms with Crippen molar-refractivity contribution in [3.63, 3.8) is 0 Å². The average molecular weight is 740 g/mol. The summed E-state index contributed by atoms with van der Waals surface area (Å²) in [6, 6.07) is 0. The first-order valence-electron chi connectivity index (χ1n) is 22.2. The molecule has 7 heteroatoms. The predicted octanol–water partition coefficient (Wildman–Crippen LogP) is 10.7. The van der Waals surface area contributed by atoms with Crippen molar-refractivity contribution in [2.45, 2.75) is 194 Å². The maximum Gasteiger partial charge on any atom is 0.322 e. The maximum absolute atomic E-state index is 12.9. The Kier molecular flexibility index (Phi) is 17.9. The van der Waals surface area contributed by atoms with E-state index in [9.17, 15) is 19.5 Å². The van der Waals surface area contributed by atoms with Crippen molar-refractivity contribution in [2.75, 3.05) is 6.54 Å². The number of aliphatic hydroxyl groups is 1. The molecule has 0 heterocycles. The normalized spacial score (nSPS) is 33.0. The van der Waals surface area contributed by atoms with Gasteiger partial charge in [0.2, 0.25) is 5.91 Å². The molecule has 10 unspecified atom stereocenters. The van der Waals surface area contributed by atoms with Gasteiger partial charge < -0.3 is 20.3 Å². The Balaban J connectivity index is 1.11. The molecule has 4 fully saturated rings. The third-order valence-electron chi connectivity index (χ3n) is 14.9. The first-order valence-corrected chi connectivity index (χ1v) is 22.2. The molecule has 4 rings (SSSR count). The van der Waals surface area contributed by atoms with Crippen LogP contribution in [0.5, 0.6) is 0 Å². The first-order chi connectivity index (χ1) is 25.5. The number of nitrogens with one attached hydrogen (secondary N) is 1. The lowest BCUT2D eigenvalue weighted by Crippen LogP contribution is -2.59. The molecule has 10 atom stereocenters. The Bertz CT molecular complexity index is 1200. The SMILES string of the molecule is CCCCC/C=C\C/C=C\CCCCCCCCCC(=O)OC1CCC2(C)C(CCC3C2CC(O)C2(C)C(C(C)CCC(=O)NCC(=O)O)CCC32)C1. The lowest BCUT2D eigenvalue weighted by molar-refractivity contribution is -0.181. The van der Waals surface area contributed by atoms with Gasteiger partial charge in [-0.15, -0.1) is 0 Å². The van der Waals surface area contributed by atoms with Gasteiger partial charge in [-0.25, -0.2) is 0 Å². The van der Waals surface area contributed by atoms with Gasteiger partial charge in [0.15, 0.2) is 0 Å². The van der Waals surface area contributed by atoms with Gasteiger partial charge in [0.1, 0.15) is 12.6 Å². The van der Waals surface area contributed by atoms with Crippen molar-refractivity contribution in [1.29, 1.82) is 0 Å². The Labute approximate surface area is 322 Å². The number of allylic oxidation sites excluding steroid dienone is 4. The number of esters is 1. The Hall–Kier alpha value is -2.15. The molecule has 0 aromatic carbocycles. The van der Waals surface area contributed by atoms with Crippen LogP contribution in [-0.2, 0) is 19.1 Å². The topological polar surface area (TPSA) is 113 Å². The largest absolute Gasteiger partial charge is 0.480 e. The number of aliphatic hydroxyl groups excluding tert-OH is 1.